The molecule has 0 amide bonds. The molecule has 13 heavy (non-hydrogen) atoms. The van der Waals surface area contributed by atoms with Crippen LogP contribution in [0.4, 0.5) is 4.39 Å². The summed E-state index contributed by atoms with van der Waals surface area (Å²) in [6, 6.07) is 4.12. The number of phenols is 1. The molecular formula is C9H7FN2O. The number of aromatic amines is 1. The molecule has 0 saturated heterocycles. The second-order valence-corrected chi connectivity index (χ2v) is 2.60. The first-order chi connectivity index (χ1) is 6.27. The number of aromatic nitrogens is 2. The van der Waals surface area contributed by atoms with Crippen molar-refractivity contribution in [3.63, 3.8) is 0 Å². The van der Waals surface area contributed by atoms with Gasteiger partial charge in [-0.25, -0.2) is 9.37 Å². The van der Waals surface area contributed by atoms with Crippen molar-refractivity contribution >= 4 is 0 Å². The normalized spacial score (nSPS) is 10.2. The van der Waals surface area contributed by atoms with Crippen molar-refractivity contribution in [2.24, 2.45) is 0 Å². The topological polar surface area (TPSA) is 48.9 Å². The monoisotopic (exact) mass is 178 g/mol. The number of halogens is 1. The average Bonchev–Trinajstić information content (AvgIpc) is 2.62. The fourth-order valence-corrected chi connectivity index (χ4v) is 1.08. The molecule has 66 valence electrons. The van der Waals surface area contributed by atoms with Gasteiger partial charge in [0.15, 0.2) is 11.6 Å². The lowest BCUT2D eigenvalue weighted by atomic mass is 10.2. The largest absolute Gasteiger partial charge is 0.505 e. The third kappa shape index (κ3) is 1.38. The Kier molecular flexibility index (Phi) is 1.73. The fourth-order valence-electron chi connectivity index (χ4n) is 1.08. The molecule has 0 unspecified atom stereocenters. The van der Waals surface area contributed by atoms with Gasteiger partial charge in [-0.3, -0.25) is 0 Å². The number of aromatic hydroxyl groups is 1. The summed E-state index contributed by atoms with van der Waals surface area (Å²) in [6.45, 7) is 0. The van der Waals surface area contributed by atoms with Crippen LogP contribution in [-0.2, 0) is 0 Å². The molecule has 1 aromatic heterocycles. The van der Waals surface area contributed by atoms with Crippen LogP contribution in [0.1, 0.15) is 0 Å². The Morgan fingerprint density at radius 1 is 1.38 bits per heavy atom. The van der Waals surface area contributed by atoms with Crippen LogP contribution in [0, 0.1) is 5.82 Å². The Balaban J connectivity index is 2.49. The number of rotatable bonds is 1. The molecular weight excluding hydrogens is 171 g/mol. The van der Waals surface area contributed by atoms with Crippen LogP contribution in [0.2, 0.25) is 0 Å². The van der Waals surface area contributed by atoms with E-state index in [0.717, 1.165) is 0 Å². The summed E-state index contributed by atoms with van der Waals surface area (Å²) in [6.07, 6.45) is 3.24. The molecule has 2 N–H and O–H groups in total. The van der Waals surface area contributed by atoms with Gasteiger partial charge < -0.3 is 10.1 Å². The predicted octanol–water partition coefficient (Wildman–Crippen LogP) is 1.92. The van der Waals surface area contributed by atoms with E-state index in [1.807, 2.05) is 0 Å². The van der Waals surface area contributed by atoms with Crippen molar-refractivity contribution in [2.75, 3.05) is 0 Å². The summed E-state index contributed by atoms with van der Waals surface area (Å²) in [4.78, 5) is 6.79. The van der Waals surface area contributed by atoms with E-state index in [9.17, 15) is 4.39 Å². The number of nitrogens with one attached hydrogen (secondary N) is 1. The zero-order valence-electron chi connectivity index (χ0n) is 6.66. The van der Waals surface area contributed by atoms with Crippen molar-refractivity contribution in [1.29, 1.82) is 0 Å². The van der Waals surface area contributed by atoms with Gasteiger partial charge in [-0.05, 0) is 18.2 Å². The van der Waals surface area contributed by atoms with Crippen molar-refractivity contribution in [1.82, 2.24) is 9.97 Å². The molecule has 0 aliphatic heterocycles. The van der Waals surface area contributed by atoms with E-state index in [1.54, 1.807) is 18.5 Å². The van der Waals surface area contributed by atoms with Gasteiger partial charge in [0.1, 0.15) is 5.82 Å². The molecule has 1 heterocycles. The first kappa shape index (κ1) is 7.79. The maximum absolute atomic E-state index is 12.9. The lowest BCUT2D eigenvalue weighted by Gasteiger charge is -1.98. The molecule has 0 atom stereocenters. The minimum Gasteiger partial charge on any atom is -0.505 e. The Morgan fingerprint density at radius 2 is 2.23 bits per heavy atom. The third-order valence-corrected chi connectivity index (χ3v) is 1.72. The van der Waals surface area contributed by atoms with Crippen LogP contribution >= 0.6 is 0 Å². The van der Waals surface area contributed by atoms with Crippen LogP contribution in [0.15, 0.2) is 30.6 Å². The van der Waals surface area contributed by atoms with Gasteiger partial charge in [0.25, 0.3) is 0 Å². The number of nitrogens with zero attached hydrogens (tertiary/aromatic N) is 1. The van der Waals surface area contributed by atoms with Gasteiger partial charge in [-0.15, -0.1) is 0 Å². The molecule has 1 aromatic carbocycles. The number of imidazole rings is 1. The molecule has 2 aromatic rings. The van der Waals surface area contributed by atoms with Gasteiger partial charge in [0.2, 0.25) is 0 Å². The summed E-state index contributed by atoms with van der Waals surface area (Å²) >= 11 is 0. The maximum atomic E-state index is 12.9. The quantitative estimate of drug-likeness (QED) is 0.700. The number of hydrogen-bond donors (Lipinski definition) is 2. The minimum absolute atomic E-state index is 0.352. The van der Waals surface area contributed by atoms with Gasteiger partial charge in [-0.2, -0.15) is 0 Å². The van der Waals surface area contributed by atoms with Gasteiger partial charge >= 0.3 is 0 Å². The Hall–Kier alpha value is -1.84. The Bertz CT molecular complexity index is 412. The zero-order chi connectivity index (χ0) is 9.26. The summed E-state index contributed by atoms with van der Waals surface area (Å²) in [5, 5.41) is 8.94. The summed E-state index contributed by atoms with van der Waals surface area (Å²) < 4.78 is 12.9. The molecule has 0 aliphatic carbocycles. The predicted molar refractivity (Wildman–Crippen MR) is 45.6 cm³/mol. The van der Waals surface area contributed by atoms with Gasteiger partial charge in [-0.1, -0.05) is 0 Å². The molecule has 0 spiro atoms. The molecule has 0 fully saturated rings. The van der Waals surface area contributed by atoms with Crippen molar-refractivity contribution in [3.8, 4) is 17.1 Å². The van der Waals surface area contributed by atoms with E-state index in [-0.39, 0.29) is 5.75 Å². The number of benzene rings is 1. The Morgan fingerprint density at radius 3 is 2.85 bits per heavy atom. The second kappa shape index (κ2) is 2.90. The molecule has 4 heteroatoms. The smallest absolute Gasteiger partial charge is 0.165 e. The van der Waals surface area contributed by atoms with E-state index in [1.165, 1.54) is 12.1 Å². The highest BCUT2D eigenvalue weighted by Crippen LogP contribution is 2.21. The minimum atomic E-state index is -0.645. The molecule has 0 aliphatic rings. The highest BCUT2D eigenvalue weighted by molar-refractivity contribution is 5.56. The maximum Gasteiger partial charge on any atom is 0.165 e. The average molecular weight is 178 g/mol. The summed E-state index contributed by atoms with van der Waals surface area (Å²) in [5.41, 5.74) is 0.611. The van der Waals surface area contributed by atoms with Crippen molar-refractivity contribution < 1.29 is 9.50 Å². The molecule has 0 bridgehead atoms. The lowest BCUT2D eigenvalue weighted by Crippen LogP contribution is -1.82. The number of hydrogen-bond acceptors (Lipinski definition) is 2. The molecule has 0 radical (unpaired) electrons. The lowest BCUT2D eigenvalue weighted by molar-refractivity contribution is 0.432. The summed E-state index contributed by atoms with van der Waals surface area (Å²) in [5.74, 6) is -0.414. The van der Waals surface area contributed by atoms with Gasteiger partial charge in [0.05, 0.1) is 0 Å². The van der Waals surface area contributed by atoms with Gasteiger partial charge in [0, 0.05) is 18.0 Å². The van der Waals surface area contributed by atoms with Crippen LogP contribution in [0.3, 0.4) is 0 Å². The SMILES string of the molecule is Oc1ccc(-c2ncc[nH]2)cc1F. The van der Waals surface area contributed by atoms with Crippen molar-refractivity contribution in [3.05, 3.63) is 36.4 Å². The van der Waals surface area contributed by atoms with E-state index < -0.39 is 5.82 Å². The first-order valence-corrected chi connectivity index (χ1v) is 3.75. The van der Waals surface area contributed by atoms with E-state index in [0.29, 0.717) is 11.4 Å². The number of phenolic OH excluding ortho intramolecular Hbond substituents is 1. The molecule has 0 saturated carbocycles. The molecule has 3 nitrogen and oxygen atoms in total. The highest BCUT2D eigenvalue weighted by Gasteiger charge is 2.04. The van der Waals surface area contributed by atoms with E-state index in [4.69, 9.17) is 5.11 Å². The summed E-state index contributed by atoms with van der Waals surface area (Å²) in [7, 11) is 0. The zero-order valence-corrected chi connectivity index (χ0v) is 6.66. The van der Waals surface area contributed by atoms with Crippen molar-refractivity contribution in [2.45, 2.75) is 0 Å². The first-order valence-electron chi connectivity index (χ1n) is 3.75. The second-order valence-electron chi connectivity index (χ2n) is 2.60. The standard InChI is InChI=1S/C9H7FN2O/c10-7-5-6(1-2-8(7)13)9-11-3-4-12-9/h1-5,13H,(H,11,12). The fraction of sp³-hybridized carbons (Fsp3) is 0. The third-order valence-electron chi connectivity index (χ3n) is 1.72. The van der Waals surface area contributed by atoms with Crippen LogP contribution < -0.4 is 0 Å². The van der Waals surface area contributed by atoms with Crippen LogP contribution in [-0.4, -0.2) is 15.1 Å². The number of H-pyrrole nitrogens is 1. The highest BCUT2D eigenvalue weighted by atomic mass is 19.1. The van der Waals surface area contributed by atoms with Crippen LogP contribution in [0.5, 0.6) is 5.75 Å². The Labute approximate surface area is 73.9 Å². The van der Waals surface area contributed by atoms with E-state index in [2.05, 4.69) is 9.97 Å². The van der Waals surface area contributed by atoms with E-state index >= 15 is 0 Å². The molecule has 2 rings (SSSR count). The van der Waals surface area contributed by atoms with Crippen LogP contribution in [0.25, 0.3) is 11.4 Å².